The summed E-state index contributed by atoms with van der Waals surface area (Å²) in [4.78, 5) is 35.2. The largest absolute Gasteiger partial charge is 0.495 e. The molecule has 0 fully saturated rings. The van der Waals surface area contributed by atoms with Crippen LogP contribution in [-0.2, 0) is 9.53 Å². The fraction of sp³-hybridized carbons (Fsp3) is 0.158. The number of amides is 1. The highest BCUT2D eigenvalue weighted by atomic mass is 35.5. The van der Waals surface area contributed by atoms with Gasteiger partial charge in [-0.2, -0.15) is 0 Å². The van der Waals surface area contributed by atoms with Gasteiger partial charge in [0.2, 0.25) is 0 Å². The zero-order valence-electron chi connectivity index (χ0n) is 15.9. The van der Waals surface area contributed by atoms with E-state index in [1.807, 2.05) is 0 Å². The number of ether oxygens (including phenoxy) is 2. The van der Waals surface area contributed by atoms with Crippen LogP contribution in [0.15, 0.2) is 30.3 Å². The average Bonchev–Trinajstić information content (AvgIpc) is 3.07. The number of methoxy groups -OCH3 is 1. The number of rotatable bonds is 6. The Morgan fingerprint density at radius 2 is 1.87 bits per heavy atom. The number of anilines is 1. The Morgan fingerprint density at radius 3 is 2.48 bits per heavy atom. The van der Waals surface area contributed by atoms with Crippen LogP contribution in [0.5, 0.6) is 5.75 Å². The third-order valence-corrected chi connectivity index (χ3v) is 6.69. The Bertz CT molecular complexity index is 1210. The van der Waals surface area contributed by atoms with Crippen LogP contribution in [-0.4, -0.2) is 30.0 Å². The van der Waals surface area contributed by atoms with Crippen molar-refractivity contribution in [2.24, 2.45) is 0 Å². The first-order valence-electron chi connectivity index (χ1n) is 8.54. The molecule has 1 heterocycles. The number of nitro groups is 1. The van der Waals surface area contributed by atoms with Crippen LogP contribution in [0.4, 0.5) is 11.4 Å². The molecule has 0 saturated heterocycles. The van der Waals surface area contributed by atoms with Gasteiger partial charge in [0.05, 0.1) is 32.5 Å². The molecule has 8 nitrogen and oxygen atoms in total. The molecule has 2 aromatic carbocycles. The molecule has 0 saturated carbocycles. The molecule has 0 unspecified atom stereocenters. The SMILES string of the molecule is COc1ccc2c(Cl)c(C(=O)O[C@@H](C)C(=O)Nc3ccc([N+](=O)[O-])cc3Cl)sc2c1Cl. The first-order valence-corrected chi connectivity index (χ1v) is 10.5. The molecule has 0 radical (unpaired) electrons. The van der Waals surface area contributed by atoms with Gasteiger partial charge in [-0.1, -0.05) is 34.8 Å². The van der Waals surface area contributed by atoms with Crippen LogP contribution >= 0.6 is 46.1 Å². The molecule has 1 N–H and O–H groups in total. The summed E-state index contributed by atoms with van der Waals surface area (Å²) < 4.78 is 10.9. The Kier molecular flexibility index (Phi) is 6.90. The second-order valence-electron chi connectivity index (χ2n) is 6.16. The number of halogens is 3. The molecule has 0 bridgehead atoms. The third kappa shape index (κ3) is 4.69. The van der Waals surface area contributed by atoms with Crippen molar-refractivity contribution in [1.82, 2.24) is 0 Å². The maximum absolute atomic E-state index is 12.6. The number of nitrogens with one attached hydrogen (secondary N) is 1. The van der Waals surface area contributed by atoms with E-state index in [9.17, 15) is 19.7 Å². The second kappa shape index (κ2) is 9.27. The normalized spacial score (nSPS) is 11.8. The summed E-state index contributed by atoms with van der Waals surface area (Å²) in [5.41, 5.74) is -0.0869. The van der Waals surface area contributed by atoms with E-state index in [2.05, 4.69) is 5.32 Å². The predicted molar refractivity (Wildman–Crippen MR) is 120 cm³/mol. The molecular formula is C19H13Cl3N2O6S. The summed E-state index contributed by atoms with van der Waals surface area (Å²) >= 11 is 19.6. The molecule has 1 aromatic heterocycles. The Labute approximate surface area is 194 Å². The highest BCUT2D eigenvalue weighted by molar-refractivity contribution is 7.22. The molecule has 3 aromatic rings. The van der Waals surface area contributed by atoms with E-state index in [0.29, 0.717) is 20.9 Å². The van der Waals surface area contributed by atoms with Gasteiger partial charge in [0, 0.05) is 17.5 Å². The minimum atomic E-state index is -1.20. The second-order valence-corrected chi connectivity index (χ2v) is 8.35. The van der Waals surface area contributed by atoms with Crippen molar-refractivity contribution < 1.29 is 24.0 Å². The van der Waals surface area contributed by atoms with Gasteiger partial charge in [0.25, 0.3) is 11.6 Å². The number of nitro benzene ring substituents is 1. The lowest BCUT2D eigenvalue weighted by Crippen LogP contribution is -2.30. The van der Waals surface area contributed by atoms with E-state index in [-0.39, 0.29) is 26.3 Å². The van der Waals surface area contributed by atoms with Gasteiger partial charge >= 0.3 is 5.97 Å². The number of benzene rings is 2. The van der Waals surface area contributed by atoms with Crippen LogP contribution in [0, 0.1) is 10.1 Å². The number of nitrogens with zero attached hydrogens (tertiary/aromatic N) is 1. The zero-order valence-corrected chi connectivity index (χ0v) is 19.0. The Morgan fingerprint density at radius 1 is 1.16 bits per heavy atom. The highest BCUT2D eigenvalue weighted by Crippen LogP contribution is 2.43. The average molecular weight is 504 g/mol. The number of carbonyl (C=O) groups excluding carboxylic acids is 2. The molecule has 0 spiro atoms. The van der Waals surface area contributed by atoms with Gasteiger partial charge in [-0.3, -0.25) is 14.9 Å². The molecule has 1 atom stereocenters. The lowest BCUT2D eigenvalue weighted by molar-refractivity contribution is -0.384. The van der Waals surface area contributed by atoms with Crippen molar-refractivity contribution in [2.45, 2.75) is 13.0 Å². The van der Waals surface area contributed by atoms with Crippen molar-refractivity contribution >= 4 is 79.5 Å². The van der Waals surface area contributed by atoms with Gasteiger partial charge in [-0.25, -0.2) is 4.79 Å². The number of non-ortho nitro benzene ring substituents is 1. The van der Waals surface area contributed by atoms with E-state index < -0.39 is 22.9 Å². The number of carbonyl (C=O) groups is 2. The van der Waals surface area contributed by atoms with Gasteiger partial charge in [0.1, 0.15) is 15.6 Å². The Balaban J connectivity index is 1.76. The minimum Gasteiger partial charge on any atom is -0.495 e. The maximum Gasteiger partial charge on any atom is 0.350 e. The van der Waals surface area contributed by atoms with Crippen molar-refractivity contribution in [3.05, 3.63) is 60.4 Å². The number of fused-ring (bicyclic) bond motifs is 1. The van der Waals surface area contributed by atoms with Crippen molar-refractivity contribution in [2.75, 3.05) is 12.4 Å². The van der Waals surface area contributed by atoms with Crippen molar-refractivity contribution in [3.8, 4) is 5.75 Å². The van der Waals surface area contributed by atoms with E-state index >= 15 is 0 Å². The summed E-state index contributed by atoms with van der Waals surface area (Å²) in [7, 11) is 1.47. The molecule has 0 aliphatic heterocycles. The van der Waals surface area contributed by atoms with Crippen molar-refractivity contribution in [1.29, 1.82) is 0 Å². The van der Waals surface area contributed by atoms with Gasteiger partial charge in [-0.15, -0.1) is 11.3 Å². The number of hydrogen-bond acceptors (Lipinski definition) is 7. The molecule has 12 heteroatoms. The van der Waals surface area contributed by atoms with Crippen LogP contribution in [0.25, 0.3) is 10.1 Å². The van der Waals surface area contributed by atoms with Crippen LogP contribution < -0.4 is 10.1 Å². The van der Waals surface area contributed by atoms with Crippen molar-refractivity contribution in [3.63, 3.8) is 0 Å². The van der Waals surface area contributed by atoms with Gasteiger partial charge in [0.15, 0.2) is 6.10 Å². The summed E-state index contributed by atoms with van der Waals surface area (Å²) in [6.07, 6.45) is -1.20. The quantitative estimate of drug-likeness (QED) is 0.252. The van der Waals surface area contributed by atoms with Gasteiger partial charge < -0.3 is 14.8 Å². The van der Waals surface area contributed by atoms with E-state index in [0.717, 1.165) is 17.4 Å². The zero-order chi connectivity index (χ0) is 22.9. The van der Waals surface area contributed by atoms with Crippen LogP contribution in [0.3, 0.4) is 0 Å². The number of hydrogen-bond donors (Lipinski definition) is 1. The number of esters is 1. The molecule has 1 amide bonds. The molecule has 0 aliphatic carbocycles. The molecule has 3 rings (SSSR count). The first kappa shape index (κ1) is 23.1. The summed E-state index contributed by atoms with van der Waals surface area (Å²) in [5, 5.41) is 14.2. The number of thiophene rings is 1. The fourth-order valence-corrected chi connectivity index (χ4v) is 4.58. The smallest absolute Gasteiger partial charge is 0.350 e. The predicted octanol–water partition coefficient (Wildman–Crippen LogP) is 5.96. The lowest BCUT2D eigenvalue weighted by atomic mass is 10.2. The molecule has 0 aliphatic rings. The van der Waals surface area contributed by atoms with E-state index in [1.54, 1.807) is 12.1 Å². The molecule has 162 valence electrons. The standard InChI is InChI=1S/C19H13Cl3N2O6S/c1-8(18(25)23-12-5-3-9(24(27)28)7-11(12)20)30-19(26)17-14(21)10-4-6-13(29-2)15(22)16(10)31-17/h3-8H,1-2H3,(H,23,25)/t8-/m0/s1. The fourth-order valence-electron chi connectivity index (χ4n) is 2.59. The van der Waals surface area contributed by atoms with Crippen LogP contribution in [0.2, 0.25) is 15.1 Å². The summed E-state index contributed by atoms with van der Waals surface area (Å²) in [6.45, 7) is 1.36. The molecule has 31 heavy (non-hydrogen) atoms. The first-order chi connectivity index (χ1) is 14.6. The summed E-state index contributed by atoms with van der Waals surface area (Å²) in [6, 6.07) is 6.87. The summed E-state index contributed by atoms with van der Waals surface area (Å²) in [5.74, 6) is -1.06. The lowest BCUT2D eigenvalue weighted by Gasteiger charge is -2.13. The topological polar surface area (TPSA) is 108 Å². The van der Waals surface area contributed by atoms with Crippen LogP contribution in [0.1, 0.15) is 16.6 Å². The molecular weight excluding hydrogens is 491 g/mol. The van der Waals surface area contributed by atoms with E-state index in [1.165, 1.54) is 26.2 Å². The third-order valence-electron chi connectivity index (χ3n) is 4.18. The van der Waals surface area contributed by atoms with E-state index in [4.69, 9.17) is 44.3 Å². The maximum atomic E-state index is 12.6. The van der Waals surface area contributed by atoms with Gasteiger partial charge in [-0.05, 0) is 25.1 Å². The highest BCUT2D eigenvalue weighted by Gasteiger charge is 2.25. The minimum absolute atomic E-state index is 0.0304. The Hall–Kier alpha value is -2.59. The monoisotopic (exact) mass is 502 g/mol.